The first-order valence-corrected chi connectivity index (χ1v) is 10.5. The van der Waals surface area contributed by atoms with E-state index in [9.17, 15) is 15.0 Å². The van der Waals surface area contributed by atoms with Gasteiger partial charge in [-0.1, -0.05) is 37.8 Å². The topological polar surface area (TPSA) is 69.6 Å². The van der Waals surface area contributed by atoms with Crippen molar-refractivity contribution < 1.29 is 15.0 Å². The minimum Gasteiger partial charge on any atom is -0.508 e. The molecule has 0 aliphatic heterocycles. The van der Waals surface area contributed by atoms with Crippen LogP contribution in [0.1, 0.15) is 24.9 Å². The summed E-state index contributed by atoms with van der Waals surface area (Å²) < 4.78 is 0. The van der Waals surface area contributed by atoms with Crippen LogP contribution in [0.3, 0.4) is 0 Å². The van der Waals surface area contributed by atoms with Crippen LogP contribution in [0.4, 0.5) is 0 Å². The molecule has 2 unspecified atom stereocenters. The van der Waals surface area contributed by atoms with Crippen molar-refractivity contribution in [1.82, 2.24) is 5.32 Å². The fourth-order valence-electron chi connectivity index (χ4n) is 1.88. The van der Waals surface area contributed by atoms with E-state index in [4.69, 9.17) is 0 Å². The Labute approximate surface area is 127 Å². The quantitative estimate of drug-likeness (QED) is 0.578. The van der Waals surface area contributed by atoms with Crippen molar-refractivity contribution in [3.8, 4) is 17.2 Å². The number of carboxylic acid groups (broad SMARTS) is 1. The van der Waals surface area contributed by atoms with Crippen LogP contribution < -0.4 is 5.32 Å². The predicted molar refractivity (Wildman–Crippen MR) is 86.8 cm³/mol. The van der Waals surface area contributed by atoms with E-state index in [1.165, 1.54) is 0 Å². The number of rotatable bonds is 5. The summed E-state index contributed by atoms with van der Waals surface area (Å²) in [5.74, 6) is 2.22. The number of carbonyl (C=O) groups is 1. The molecular weight excluding hydrogens is 282 g/mol. The summed E-state index contributed by atoms with van der Waals surface area (Å²) >= 11 is 0. The summed E-state index contributed by atoms with van der Waals surface area (Å²) in [6.45, 7) is 8.19. The van der Waals surface area contributed by atoms with Crippen molar-refractivity contribution in [3.63, 3.8) is 0 Å². The first kappa shape index (κ1) is 17.3. The lowest BCUT2D eigenvalue weighted by atomic mass is 10.1. The second-order valence-corrected chi connectivity index (χ2v) is 10.8. The molecule has 21 heavy (non-hydrogen) atoms. The third-order valence-corrected chi connectivity index (χ3v) is 3.85. The maximum atomic E-state index is 11.3. The molecule has 0 radical (unpaired) electrons. The van der Waals surface area contributed by atoms with Crippen molar-refractivity contribution in [2.75, 3.05) is 0 Å². The zero-order chi connectivity index (χ0) is 16.0. The average Bonchev–Trinajstić information content (AvgIpc) is 2.36. The van der Waals surface area contributed by atoms with E-state index < -0.39 is 20.1 Å². The molecule has 0 saturated carbocycles. The largest absolute Gasteiger partial charge is 0.508 e. The number of hydrogen-bond acceptors (Lipinski definition) is 3. The molecule has 2 atom stereocenters. The molecule has 1 aromatic carbocycles. The van der Waals surface area contributed by atoms with E-state index in [0.717, 1.165) is 0 Å². The zero-order valence-corrected chi connectivity index (χ0v) is 14.0. The molecule has 3 N–H and O–H groups in total. The number of hydrogen-bond donors (Lipinski definition) is 3. The standard InChI is InChI=1S/C16H23NO3Si/c1-12(13-8-5-6-10-15(13)18)17-14(16(19)20)9-7-11-21(2,3)4/h5-6,8,10,12,14,17-18H,9H2,1-4H3,(H,19,20). The molecule has 0 aliphatic carbocycles. The number of nitrogens with one attached hydrogen (secondary N) is 1. The van der Waals surface area contributed by atoms with E-state index in [1.807, 2.05) is 13.0 Å². The molecule has 0 fully saturated rings. The maximum absolute atomic E-state index is 11.3. The molecule has 0 aromatic heterocycles. The SMILES string of the molecule is CC(NC(CC#C[Si](C)(C)C)C(=O)O)c1ccccc1O. The van der Waals surface area contributed by atoms with Crippen molar-refractivity contribution >= 4 is 14.0 Å². The van der Waals surface area contributed by atoms with Gasteiger partial charge < -0.3 is 10.2 Å². The van der Waals surface area contributed by atoms with Gasteiger partial charge in [-0.05, 0) is 13.0 Å². The van der Waals surface area contributed by atoms with E-state index in [2.05, 4.69) is 36.4 Å². The van der Waals surface area contributed by atoms with Crippen LogP contribution in [-0.2, 0) is 4.79 Å². The normalized spacial score (nSPS) is 13.9. The van der Waals surface area contributed by atoms with E-state index in [0.29, 0.717) is 5.56 Å². The molecule has 1 aromatic rings. The van der Waals surface area contributed by atoms with Gasteiger partial charge in [-0.3, -0.25) is 10.1 Å². The number of para-hydroxylation sites is 1. The first-order chi connectivity index (χ1) is 9.70. The van der Waals surface area contributed by atoms with Gasteiger partial charge in [-0.15, -0.1) is 11.5 Å². The molecule has 0 saturated heterocycles. The molecule has 5 heteroatoms. The average molecular weight is 305 g/mol. The number of phenols is 1. The van der Waals surface area contributed by atoms with E-state index in [1.54, 1.807) is 18.2 Å². The predicted octanol–water partition coefficient (Wildman–Crippen LogP) is 2.77. The molecule has 4 nitrogen and oxygen atoms in total. The van der Waals surface area contributed by atoms with Crippen molar-refractivity contribution in [1.29, 1.82) is 0 Å². The lowest BCUT2D eigenvalue weighted by Gasteiger charge is -2.20. The molecular formula is C16H23NO3Si. The van der Waals surface area contributed by atoms with E-state index >= 15 is 0 Å². The van der Waals surface area contributed by atoms with Gasteiger partial charge in [-0.2, -0.15) is 0 Å². The fraction of sp³-hybridized carbons (Fsp3) is 0.438. The van der Waals surface area contributed by atoms with Crippen LogP contribution in [0.25, 0.3) is 0 Å². The molecule has 1 rings (SSSR count). The van der Waals surface area contributed by atoms with Crippen molar-refractivity contribution in [3.05, 3.63) is 29.8 Å². The zero-order valence-electron chi connectivity index (χ0n) is 13.0. The summed E-state index contributed by atoms with van der Waals surface area (Å²) in [5.41, 5.74) is 3.85. The smallest absolute Gasteiger partial charge is 0.321 e. The number of carboxylic acids is 1. The number of benzene rings is 1. The first-order valence-electron chi connectivity index (χ1n) is 6.97. The Morgan fingerprint density at radius 1 is 1.33 bits per heavy atom. The van der Waals surface area contributed by atoms with Crippen molar-refractivity contribution in [2.24, 2.45) is 0 Å². The molecule has 0 heterocycles. The van der Waals surface area contributed by atoms with Crippen LogP contribution in [0.15, 0.2) is 24.3 Å². The minimum absolute atomic E-state index is 0.162. The number of aromatic hydroxyl groups is 1. The van der Waals surface area contributed by atoms with Gasteiger partial charge in [0.05, 0.1) is 0 Å². The third kappa shape index (κ3) is 6.02. The highest BCUT2D eigenvalue weighted by Gasteiger charge is 2.20. The minimum atomic E-state index is -1.49. The van der Waals surface area contributed by atoms with Gasteiger partial charge in [0, 0.05) is 18.0 Å². The van der Waals surface area contributed by atoms with Gasteiger partial charge >= 0.3 is 5.97 Å². The Bertz CT molecular complexity index is 555. The Hall–Kier alpha value is -1.77. The monoisotopic (exact) mass is 305 g/mol. The van der Waals surface area contributed by atoms with Gasteiger partial charge in [0.25, 0.3) is 0 Å². The van der Waals surface area contributed by atoms with Crippen LogP contribution in [0.5, 0.6) is 5.75 Å². The molecule has 0 spiro atoms. The Kier molecular flexibility index (Phi) is 6.00. The molecule has 114 valence electrons. The van der Waals surface area contributed by atoms with Gasteiger partial charge in [-0.25, -0.2) is 0 Å². The summed E-state index contributed by atoms with van der Waals surface area (Å²) in [4.78, 5) is 11.3. The summed E-state index contributed by atoms with van der Waals surface area (Å²) in [6.07, 6.45) is 0.261. The Balaban J connectivity index is 2.77. The Morgan fingerprint density at radius 2 is 1.95 bits per heavy atom. The second kappa shape index (κ2) is 7.30. The summed E-state index contributed by atoms with van der Waals surface area (Å²) in [5, 5.41) is 22.1. The second-order valence-electron chi connectivity index (χ2n) is 6.09. The van der Waals surface area contributed by atoms with Crippen LogP contribution in [-0.4, -0.2) is 30.3 Å². The van der Waals surface area contributed by atoms with Crippen molar-refractivity contribution in [2.45, 2.75) is 45.1 Å². The van der Waals surface area contributed by atoms with Gasteiger partial charge in [0.1, 0.15) is 19.9 Å². The highest BCUT2D eigenvalue weighted by Crippen LogP contribution is 2.23. The van der Waals surface area contributed by atoms with Crippen LogP contribution in [0.2, 0.25) is 19.6 Å². The van der Waals surface area contributed by atoms with Crippen LogP contribution >= 0.6 is 0 Å². The maximum Gasteiger partial charge on any atom is 0.321 e. The number of phenolic OH excluding ortho intramolecular Hbond substituents is 1. The highest BCUT2D eigenvalue weighted by atomic mass is 28.3. The summed E-state index contributed by atoms with van der Waals surface area (Å²) in [7, 11) is -1.49. The fourth-order valence-corrected chi connectivity index (χ4v) is 2.51. The number of aliphatic carboxylic acids is 1. The van der Waals surface area contributed by atoms with Crippen LogP contribution in [0, 0.1) is 11.5 Å². The lowest BCUT2D eigenvalue weighted by molar-refractivity contribution is -0.139. The molecule has 0 amide bonds. The molecule has 0 bridgehead atoms. The Morgan fingerprint density at radius 3 is 2.48 bits per heavy atom. The van der Waals surface area contributed by atoms with Gasteiger partial charge in [0.2, 0.25) is 0 Å². The lowest BCUT2D eigenvalue weighted by Crippen LogP contribution is -2.38. The third-order valence-electron chi connectivity index (χ3n) is 2.92. The highest BCUT2D eigenvalue weighted by molar-refractivity contribution is 6.83. The van der Waals surface area contributed by atoms with E-state index in [-0.39, 0.29) is 18.2 Å². The molecule has 0 aliphatic rings. The summed E-state index contributed by atoms with van der Waals surface area (Å²) in [6, 6.07) is 5.91. The van der Waals surface area contributed by atoms with Gasteiger partial charge in [0.15, 0.2) is 0 Å².